The first kappa shape index (κ1) is 30.2. The molecule has 51 heavy (non-hydrogen) atoms. The number of benzene rings is 7. The van der Waals surface area contributed by atoms with Crippen molar-refractivity contribution in [3.63, 3.8) is 0 Å². The molecule has 0 N–H and O–H groups in total. The molecule has 1 aliphatic carbocycles. The Bertz CT molecular complexity index is 2660. The van der Waals surface area contributed by atoms with Crippen LogP contribution in [-0.2, 0) is 6.42 Å². The van der Waals surface area contributed by atoms with Crippen LogP contribution in [0.5, 0.6) is 0 Å². The Morgan fingerprint density at radius 2 is 1.10 bits per heavy atom. The van der Waals surface area contributed by atoms with E-state index in [9.17, 15) is 0 Å². The fourth-order valence-corrected chi connectivity index (χ4v) is 13.9. The predicted octanol–water partition coefficient (Wildman–Crippen LogP) is 13.6. The smallest absolute Gasteiger partial charge is 0.0537 e. The zero-order chi connectivity index (χ0) is 33.8. The number of fused-ring (bicyclic) bond motifs is 6. The molecular weight excluding hydrogens is 655 g/mol. The molecule has 1 aliphatic rings. The van der Waals surface area contributed by atoms with Crippen LogP contribution in [0.25, 0.3) is 54.0 Å². The van der Waals surface area contributed by atoms with Gasteiger partial charge in [-0.1, -0.05) is 127 Å². The Hall–Kier alpha value is -5.61. The lowest BCUT2D eigenvalue weighted by atomic mass is 10.0. The third kappa shape index (κ3) is 4.76. The van der Waals surface area contributed by atoms with E-state index in [-0.39, 0.29) is 5.25 Å². The molecule has 0 spiro atoms. The summed E-state index contributed by atoms with van der Waals surface area (Å²) in [5.74, 6) is 0. The molecule has 1 unspecified atom stereocenters. The van der Waals surface area contributed by atoms with Gasteiger partial charge in [-0.25, -0.2) is 0 Å². The molecule has 0 radical (unpaired) electrons. The van der Waals surface area contributed by atoms with Gasteiger partial charge >= 0.3 is 0 Å². The third-order valence-electron chi connectivity index (χ3n) is 10.5. The summed E-state index contributed by atoms with van der Waals surface area (Å²) in [5.41, 5.74) is 7.75. The van der Waals surface area contributed by atoms with E-state index in [4.69, 9.17) is 0 Å². The molecule has 0 saturated heterocycles. The molecule has 10 rings (SSSR count). The van der Waals surface area contributed by atoms with E-state index < -0.39 is 10.0 Å². The second-order valence-electron chi connectivity index (χ2n) is 13.2. The largest absolute Gasteiger partial charge is 0.310 e. The highest BCUT2D eigenvalue weighted by Gasteiger charge is 2.40. The number of hydrogen-bond acceptors (Lipinski definition) is 1. The Labute approximate surface area is 304 Å². The number of hydrogen-bond donors (Lipinski definition) is 0. The topological polar surface area (TPSA) is 4.93 Å². The van der Waals surface area contributed by atoms with Crippen molar-refractivity contribution in [2.75, 3.05) is 0 Å². The van der Waals surface area contributed by atoms with Crippen LogP contribution in [-0.4, -0.2) is 9.82 Å². The molecule has 0 amide bonds. The maximum absolute atomic E-state index is 2.53. The summed E-state index contributed by atoms with van der Waals surface area (Å²) in [6, 6.07) is 67.6. The van der Waals surface area contributed by atoms with Crippen LogP contribution in [0, 0.1) is 0 Å². The second-order valence-corrected chi connectivity index (χ2v) is 17.6. The summed E-state index contributed by atoms with van der Waals surface area (Å²) < 4.78 is 5.14. The zero-order valence-corrected chi connectivity index (χ0v) is 29.7. The standard InChI is InChI=1S/C48H35NS2/c1-4-15-35(16-5-1)49-45-25-12-10-21-41(45)44-33-39(31-32-46(44)49)51(36-17-6-2-7-18-36,37-19-8-3-9-20-37)38-29-27-34(28-30-38)40-23-14-24-43-42-22-11-13-26-47(42)50-48(40)43/h1-32,39H,33H2. The number of aromatic nitrogens is 1. The average molecular weight is 690 g/mol. The Kier molecular flexibility index (Phi) is 7.30. The van der Waals surface area contributed by atoms with E-state index in [0.29, 0.717) is 0 Å². The minimum Gasteiger partial charge on any atom is -0.310 e. The maximum Gasteiger partial charge on any atom is 0.0537 e. The molecule has 0 fully saturated rings. The lowest BCUT2D eigenvalue weighted by Crippen LogP contribution is -2.23. The highest BCUT2D eigenvalue weighted by molar-refractivity contribution is 8.34. The third-order valence-corrected chi connectivity index (χ3v) is 16.0. The van der Waals surface area contributed by atoms with Crippen molar-refractivity contribution in [3.8, 4) is 16.8 Å². The van der Waals surface area contributed by atoms with E-state index in [2.05, 4.69) is 199 Å². The lowest BCUT2D eigenvalue weighted by molar-refractivity contribution is 0.958. The van der Waals surface area contributed by atoms with Crippen molar-refractivity contribution in [2.24, 2.45) is 0 Å². The van der Waals surface area contributed by atoms with Gasteiger partial charge in [-0.15, -0.1) is 11.3 Å². The predicted molar refractivity (Wildman–Crippen MR) is 220 cm³/mol. The summed E-state index contributed by atoms with van der Waals surface area (Å²) in [6.45, 7) is 0. The highest BCUT2D eigenvalue weighted by Crippen LogP contribution is 2.72. The van der Waals surface area contributed by atoms with Gasteiger partial charge < -0.3 is 4.57 Å². The summed E-state index contributed by atoms with van der Waals surface area (Å²) in [5, 5.41) is 4.27. The molecule has 9 aromatic rings. The monoisotopic (exact) mass is 689 g/mol. The normalized spacial score (nSPS) is 14.6. The average Bonchev–Trinajstić information content (AvgIpc) is 3.76. The molecule has 244 valence electrons. The number of nitrogens with zero attached hydrogens (tertiary/aromatic N) is 1. The zero-order valence-electron chi connectivity index (χ0n) is 28.0. The molecule has 0 aliphatic heterocycles. The lowest BCUT2D eigenvalue weighted by Gasteiger charge is -2.48. The molecule has 0 bridgehead atoms. The van der Waals surface area contributed by atoms with Gasteiger partial charge in [0.1, 0.15) is 0 Å². The fourth-order valence-electron chi connectivity index (χ4n) is 8.31. The van der Waals surface area contributed by atoms with Crippen molar-refractivity contribution in [3.05, 3.63) is 199 Å². The van der Waals surface area contributed by atoms with Crippen molar-refractivity contribution < 1.29 is 0 Å². The fraction of sp³-hybridized carbons (Fsp3) is 0.0417. The molecular formula is C48H35NS2. The van der Waals surface area contributed by atoms with Crippen molar-refractivity contribution in [1.82, 2.24) is 4.57 Å². The molecule has 0 saturated carbocycles. The summed E-state index contributed by atoms with van der Waals surface area (Å²) >= 11 is 1.90. The Morgan fingerprint density at radius 1 is 0.510 bits per heavy atom. The molecule has 2 aromatic heterocycles. The molecule has 2 heterocycles. The van der Waals surface area contributed by atoms with Gasteiger partial charge in [0.05, 0.1) is 5.52 Å². The minimum atomic E-state index is -1.76. The molecule has 7 aromatic carbocycles. The first-order chi connectivity index (χ1) is 25.3. The van der Waals surface area contributed by atoms with Gasteiger partial charge in [-0.3, -0.25) is 0 Å². The van der Waals surface area contributed by atoms with Crippen LogP contribution in [0.4, 0.5) is 0 Å². The first-order valence-corrected chi connectivity index (χ1v) is 20.1. The van der Waals surface area contributed by atoms with Crippen LogP contribution in [0.3, 0.4) is 0 Å². The van der Waals surface area contributed by atoms with E-state index >= 15 is 0 Å². The van der Waals surface area contributed by atoms with Gasteiger partial charge in [0.2, 0.25) is 0 Å². The SMILES string of the molecule is C1=CC(S(c2ccccc2)(c2ccccc2)c2ccc(-c3cccc4c3sc3ccccc34)cc2)Cc2c1n(-c1ccccc1)c1ccccc21. The van der Waals surface area contributed by atoms with Crippen molar-refractivity contribution >= 4 is 58.5 Å². The van der Waals surface area contributed by atoms with Crippen LogP contribution >= 0.6 is 21.4 Å². The van der Waals surface area contributed by atoms with Gasteiger partial charge in [0.25, 0.3) is 0 Å². The van der Waals surface area contributed by atoms with Crippen LogP contribution in [0.2, 0.25) is 0 Å². The van der Waals surface area contributed by atoms with Gasteiger partial charge in [-0.05, 0) is 105 Å². The second kappa shape index (κ2) is 12.3. The quantitative estimate of drug-likeness (QED) is 0.164. The summed E-state index contributed by atoms with van der Waals surface area (Å²) in [6.07, 6.45) is 5.90. The number of para-hydroxylation sites is 2. The van der Waals surface area contributed by atoms with E-state index in [0.717, 1.165) is 6.42 Å². The van der Waals surface area contributed by atoms with Crippen molar-refractivity contribution in [2.45, 2.75) is 26.4 Å². The van der Waals surface area contributed by atoms with Gasteiger partial charge in [0, 0.05) is 42.2 Å². The van der Waals surface area contributed by atoms with Gasteiger partial charge in [0.15, 0.2) is 0 Å². The van der Waals surface area contributed by atoms with Crippen molar-refractivity contribution in [1.29, 1.82) is 0 Å². The Morgan fingerprint density at radius 3 is 1.82 bits per heavy atom. The number of thiophene rings is 1. The number of rotatable bonds is 6. The molecule has 1 nitrogen and oxygen atoms in total. The van der Waals surface area contributed by atoms with Crippen LogP contribution < -0.4 is 0 Å². The van der Waals surface area contributed by atoms with Crippen LogP contribution in [0.15, 0.2) is 203 Å². The first-order valence-electron chi connectivity index (χ1n) is 17.6. The Balaban J connectivity index is 1.17. The molecule has 1 atom stereocenters. The van der Waals surface area contributed by atoms with E-state index in [1.807, 2.05) is 11.3 Å². The molecule has 3 heteroatoms. The summed E-state index contributed by atoms with van der Waals surface area (Å²) in [4.78, 5) is 4.16. The van der Waals surface area contributed by atoms with E-state index in [1.54, 1.807) is 0 Å². The van der Waals surface area contributed by atoms with E-state index in [1.165, 1.54) is 73.8 Å². The van der Waals surface area contributed by atoms with Crippen LogP contribution in [0.1, 0.15) is 11.3 Å². The maximum atomic E-state index is 2.53. The highest BCUT2D eigenvalue weighted by atomic mass is 32.3. The summed E-state index contributed by atoms with van der Waals surface area (Å²) in [7, 11) is -1.76. The van der Waals surface area contributed by atoms with Gasteiger partial charge in [-0.2, -0.15) is 10.0 Å². The minimum absolute atomic E-state index is 0.252.